The second kappa shape index (κ2) is 8.25. The smallest absolute Gasteiger partial charge is 0.0895 e. The van der Waals surface area contributed by atoms with Crippen molar-refractivity contribution in [2.45, 2.75) is 57.3 Å². The first kappa shape index (κ1) is 19.3. The summed E-state index contributed by atoms with van der Waals surface area (Å²) in [6, 6.07) is 0. The van der Waals surface area contributed by atoms with Crippen molar-refractivity contribution in [3.63, 3.8) is 0 Å². The molecule has 0 amide bonds. The number of allylic oxidation sites excluding steroid dienone is 1. The lowest BCUT2D eigenvalue weighted by Gasteiger charge is -2.33. The van der Waals surface area contributed by atoms with Gasteiger partial charge in [0.2, 0.25) is 0 Å². The van der Waals surface area contributed by atoms with Gasteiger partial charge < -0.3 is 19.4 Å². The minimum atomic E-state index is 0.374. The predicted molar refractivity (Wildman–Crippen MR) is 114 cm³/mol. The molecular weight excluding hydrogens is 388 g/mol. The summed E-state index contributed by atoms with van der Waals surface area (Å²) in [5, 5.41) is 12.1. The van der Waals surface area contributed by atoms with Gasteiger partial charge in [-0.2, -0.15) is 10.2 Å². The molecule has 0 atom stereocenters. The van der Waals surface area contributed by atoms with E-state index in [9.17, 15) is 0 Å². The molecule has 0 spiro atoms. The van der Waals surface area contributed by atoms with Gasteiger partial charge in [-0.15, -0.1) is 0 Å². The van der Waals surface area contributed by atoms with Crippen LogP contribution in [0.3, 0.4) is 0 Å². The number of rotatable bonds is 3. The fourth-order valence-electron chi connectivity index (χ4n) is 5.05. The van der Waals surface area contributed by atoms with Gasteiger partial charge in [0.05, 0.1) is 40.8 Å². The van der Waals surface area contributed by atoms with E-state index in [0.717, 1.165) is 79.7 Å². The molecule has 1 aromatic rings. The second-order valence-corrected chi connectivity index (χ2v) is 9.00. The fourth-order valence-corrected chi connectivity index (χ4v) is 5.23. The zero-order chi connectivity index (χ0) is 19.8. The second-order valence-electron chi connectivity index (χ2n) is 8.56. The summed E-state index contributed by atoms with van der Waals surface area (Å²) in [7, 11) is 2.11. The number of nitrogens with zero attached hydrogens (tertiary/aromatic N) is 3. The summed E-state index contributed by atoms with van der Waals surface area (Å²) >= 11 is 6.34. The molecule has 2 fully saturated rings. The number of anilines is 1. The topological polar surface area (TPSA) is 62.2 Å². The normalized spacial score (nSPS) is 27.7. The van der Waals surface area contributed by atoms with Crippen LogP contribution in [0.5, 0.6) is 0 Å². The first-order valence-corrected chi connectivity index (χ1v) is 11.2. The van der Waals surface area contributed by atoms with Gasteiger partial charge in [0, 0.05) is 43.3 Å². The van der Waals surface area contributed by atoms with E-state index >= 15 is 0 Å². The number of aromatic nitrogens is 1. The highest BCUT2D eigenvalue weighted by molar-refractivity contribution is 6.34. The molecule has 4 aliphatic rings. The van der Waals surface area contributed by atoms with Crippen LogP contribution in [0.15, 0.2) is 21.3 Å². The molecule has 0 radical (unpaired) electrons. The van der Waals surface area contributed by atoms with Gasteiger partial charge in [-0.1, -0.05) is 11.6 Å². The molecule has 0 aromatic carbocycles. The van der Waals surface area contributed by atoms with Crippen LogP contribution >= 0.6 is 11.6 Å². The SMILES string of the molecule is CN1CC=C(Cl)C=c2[nH]c3c(c21)CN=NC=3C1CCC(OC2CCOCC2)CC1. The van der Waals surface area contributed by atoms with E-state index in [4.69, 9.17) is 21.1 Å². The Balaban J connectivity index is 1.37. The standard InChI is InChI=1S/C22H29ClN4O2/c1-27-9-6-15(23)12-19-22(27)18-13-24-26-20(21(18)25-19)14-2-4-16(5-3-14)29-17-7-10-28-11-8-17/h6,12,14,16-17,25H,2-5,7-11,13H2,1H3. The van der Waals surface area contributed by atoms with Crippen LogP contribution in [0, 0.1) is 5.92 Å². The van der Waals surface area contributed by atoms with Crippen LogP contribution in [0.1, 0.15) is 44.1 Å². The maximum absolute atomic E-state index is 6.36. The van der Waals surface area contributed by atoms with Gasteiger partial charge in [-0.25, -0.2) is 0 Å². The van der Waals surface area contributed by atoms with Crippen molar-refractivity contribution in [1.82, 2.24) is 4.98 Å². The highest BCUT2D eigenvalue weighted by Crippen LogP contribution is 2.35. The lowest BCUT2D eigenvalue weighted by atomic mass is 9.84. The fraction of sp³-hybridized carbons (Fsp3) is 0.636. The summed E-state index contributed by atoms with van der Waals surface area (Å²) < 4.78 is 11.8. The van der Waals surface area contributed by atoms with Crippen molar-refractivity contribution in [2.24, 2.45) is 16.1 Å². The molecule has 1 N–H and O–H groups in total. The van der Waals surface area contributed by atoms with Crippen molar-refractivity contribution >= 4 is 29.1 Å². The van der Waals surface area contributed by atoms with Crippen molar-refractivity contribution in [3.8, 4) is 0 Å². The summed E-state index contributed by atoms with van der Waals surface area (Å²) in [6.45, 7) is 3.10. The predicted octanol–water partition coefficient (Wildman–Crippen LogP) is 3.20. The molecule has 1 aromatic heterocycles. The summed E-state index contributed by atoms with van der Waals surface area (Å²) in [4.78, 5) is 5.86. The lowest BCUT2D eigenvalue weighted by molar-refractivity contribution is -0.0801. The van der Waals surface area contributed by atoms with Gasteiger partial charge in [0.15, 0.2) is 0 Å². The molecule has 4 heterocycles. The molecule has 1 aliphatic carbocycles. The van der Waals surface area contributed by atoms with Crippen LogP contribution in [0.4, 0.5) is 5.69 Å². The number of fused-ring (bicyclic) bond motifs is 3. The highest BCUT2D eigenvalue weighted by atomic mass is 35.5. The Hall–Kier alpha value is -1.63. The lowest BCUT2D eigenvalue weighted by Crippen LogP contribution is -2.32. The molecule has 6 nitrogen and oxygen atoms in total. The molecular formula is C22H29ClN4O2. The summed E-state index contributed by atoms with van der Waals surface area (Å²) in [5.41, 5.74) is 3.58. The van der Waals surface area contributed by atoms with Gasteiger partial charge >= 0.3 is 0 Å². The molecule has 1 saturated carbocycles. The van der Waals surface area contributed by atoms with E-state index in [1.807, 2.05) is 12.2 Å². The number of aromatic amines is 1. The maximum Gasteiger partial charge on any atom is 0.0895 e. The number of nitrogens with one attached hydrogen (secondary N) is 1. The number of hydrogen-bond acceptors (Lipinski definition) is 5. The average molecular weight is 417 g/mol. The Labute approximate surface area is 176 Å². The molecule has 29 heavy (non-hydrogen) atoms. The van der Waals surface area contributed by atoms with Gasteiger partial charge in [0.25, 0.3) is 0 Å². The Morgan fingerprint density at radius 2 is 1.90 bits per heavy atom. The number of H-pyrrole nitrogens is 1. The molecule has 5 rings (SSSR count). The Bertz CT molecular complexity index is 937. The molecule has 1 saturated heterocycles. The van der Waals surface area contributed by atoms with Crippen molar-refractivity contribution in [2.75, 3.05) is 31.7 Å². The Morgan fingerprint density at radius 1 is 1.14 bits per heavy atom. The van der Waals surface area contributed by atoms with E-state index in [2.05, 4.69) is 27.2 Å². The van der Waals surface area contributed by atoms with E-state index in [1.165, 1.54) is 11.3 Å². The quantitative estimate of drug-likeness (QED) is 0.823. The number of halogens is 1. The van der Waals surface area contributed by atoms with E-state index in [1.54, 1.807) is 0 Å². The monoisotopic (exact) mass is 416 g/mol. The van der Waals surface area contributed by atoms with Crippen LogP contribution in [-0.4, -0.2) is 44.0 Å². The number of likely N-dealkylation sites (N-methyl/N-ethyl adjacent to an activating group) is 1. The third-order valence-corrected chi connectivity index (χ3v) is 6.87. The molecule has 0 bridgehead atoms. The van der Waals surface area contributed by atoms with E-state index in [-0.39, 0.29) is 0 Å². The van der Waals surface area contributed by atoms with Gasteiger partial charge in [-0.05, 0) is 50.7 Å². The average Bonchev–Trinajstić information content (AvgIpc) is 3.04. The third kappa shape index (κ3) is 3.90. The highest BCUT2D eigenvalue weighted by Gasteiger charge is 2.30. The first-order chi connectivity index (χ1) is 14.2. The molecule has 0 unspecified atom stereocenters. The van der Waals surface area contributed by atoms with Crippen molar-refractivity contribution in [3.05, 3.63) is 27.4 Å². The number of hydrogen-bond donors (Lipinski definition) is 1. The zero-order valence-corrected chi connectivity index (χ0v) is 17.7. The van der Waals surface area contributed by atoms with Crippen LogP contribution in [0.25, 0.3) is 11.8 Å². The minimum absolute atomic E-state index is 0.374. The molecule has 156 valence electrons. The Kier molecular flexibility index (Phi) is 5.50. The zero-order valence-electron chi connectivity index (χ0n) is 17.0. The van der Waals surface area contributed by atoms with E-state index in [0.29, 0.717) is 24.7 Å². The van der Waals surface area contributed by atoms with Gasteiger partial charge in [-0.3, -0.25) is 0 Å². The van der Waals surface area contributed by atoms with Crippen molar-refractivity contribution < 1.29 is 9.47 Å². The summed E-state index contributed by atoms with van der Waals surface area (Å²) in [5.74, 6) is 0.436. The molecule has 7 heteroatoms. The van der Waals surface area contributed by atoms with Gasteiger partial charge in [0.1, 0.15) is 0 Å². The van der Waals surface area contributed by atoms with Crippen LogP contribution < -0.4 is 15.6 Å². The van der Waals surface area contributed by atoms with E-state index < -0.39 is 0 Å². The number of ether oxygens (including phenoxy) is 2. The molecule has 3 aliphatic heterocycles. The van der Waals surface area contributed by atoms with Crippen LogP contribution in [-0.2, 0) is 16.0 Å². The van der Waals surface area contributed by atoms with Crippen molar-refractivity contribution in [1.29, 1.82) is 0 Å². The van der Waals surface area contributed by atoms with Crippen LogP contribution in [0.2, 0.25) is 0 Å². The largest absolute Gasteiger partial charge is 0.381 e. The minimum Gasteiger partial charge on any atom is -0.381 e. The third-order valence-electron chi connectivity index (χ3n) is 6.60. The maximum atomic E-state index is 6.36. The first-order valence-electron chi connectivity index (χ1n) is 10.8. The Morgan fingerprint density at radius 3 is 2.69 bits per heavy atom. The number of azo groups is 1. The summed E-state index contributed by atoms with van der Waals surface area (Å²) in [6.07, 6.45) is 11.3.